The Morgan fingerprint density at radius 3 is 2.67 bits per heavy atom. The molecule has 2 rings (SSSR count). The number of anilines is 1. The maximum atomic E-state index is 12.1. The number of hydrogen-bond acceptors (Lipinski definition) is 2. The fourth-order valence-electron chi connectivity index (χ4n) is 2.49. The normalized spacial score (nSPS) is 18.1. The minimum absolute atomic E-state index is 0.00560. The van der Waals surface area contributed by atoms with Gasteiger partial charge < -0.3 is 10.2 Å². The lowest BCUT2D eigenvalue weighted by atomic mass is 10.0. The smallest absolute Gasteiger partial charge is 0.227 e. The monoisotopic (exact) mass is 286 g/mol. The first-order chi connectivity index (χ1) is 10.0. The summed E-state index contributed by atoms with van der Waals surface area (Å²) in [6.45, 7) is 8.72. The van der Waals surface area contributed by atoms with Crippen molar-refractivity contribution in [3.63, 3.8) is 0 Å². The van der Waals surface area contributed by atoms with Gasteiger partial charge in [-0.3, -0.25) is 9.59 Å². The molecule has 0 aliphatic carbocycles. The Balaban J connectivity index is 2.05. The molecular weight excluding hydrogens is 264 g/mol. The first kappa shape index (κ1) is 15.3. The Morgan fingerprint density at radius 1 is 1.43 bits per heavy atom. The molecule has 0 saturated carbocycles. The van der Waals surface area contributed by atoms with Crippen LogP contribution >= 0.6 is 0 Å². The third kappa shape index (κ3) is 3.51. The molecule has 4 nitrogen and oxygen atoms in total. The number of nitrogens with one attached hydrogen (secondary N) is 1. The van der Waals surface area contributed by atoms with Gasteiger partial charge in [0.2, 0.25) is 11.8 Å². The van der Waals surface area contributed by atoms with E-state index >= 15 is 0 Å². The van der Waals surface area contributed by atoms with Gasteiger partial charge in [-0.1, -0.05) is 32.1 Å². The Labute approximate surface area is 125 Å². The summed E-state index contributed by atoms with van der Waals surface area (Å²) in [5, 5.41) is 2.76. The zero-order valence-corrected chi connectivity index (χ0v) is 12.6. The molecule has 4 heteroatoms. The van der Waals surface area contributed by atoms with Crippen LogP contribution < -0.4 is 10.2 Å². The van der Waals surface area contributed by atoms with E-state index in [-0.39, 0.29) is 24.2 Å². The molecule has 1 atom stereocenters. The average molecular weight is 286 g/mol. The fourth-order valence-corrected chi connectivity index (χ4v) is 2.49. The molecule has 21 heavy (non-hydrogen) atoms. The predicted molar refractivity (Wildman–Crippen MR) is 84.2 cm³/mol. The van der Waals surface area contributed by atoms with Gasteiger partial charge in [-0.2, -0.15) is 0 Å². The van der Waals surface area contributed by atoms with E-state index in [4.69, 9.17) is 0 Å². The van der Waals surface area contributed by atoms with E-state index in [2.05, 4.69) is 25.7 Å². The maximum Gasteiger partial charge on any atom is 0.227 e. The summed E-state index contributed by atoms with van der Waals surface area (Å²) in [7, 11) is 0. The maximum absolute atomic E-state index is 12.1. The zero-order chi connectivity index (χ0) is 15.4. The van der Waals surface area contributed by atoms with Gasteiger partial charge in [0.05, 0.1) is 5.92 Å². The standard InChI is InChI=1S/C17H22N2O2/c1-4-9-18-17(21)14-10-16(20)19(11-14)15-7-5-13(6-8-15)12(2)3/h4-8,12,14H,1,9-11H2,2-3H3,(H,18,21). The van der Waals surface area contributed by atoms with Crippen molar-refractivity contribution in [3.05, 3.63) is 42.5 Å². The summed E-state index contributed by atoms with van der Waals surface area (Å²) < 4.78 is 0. The highest BCUT2D eigenvalue weighted by molar-refractivity contribution is 6.00. The van der Waals surface area contributed by atoms with Crippen molar-refractivity contribution in [1.29, 1.82) is 0 Å². The molecular formula is C17H22N2O2. The van der Waals surface area contributed by atoms with Crippen LogP contribution in [0.3, 0.4) is 0 Å². The van der Waals surface area contributed by atoms with Crippen LogP contribution in [0, 0.1) is 5.92 Å². The van der Waals surface area contributed by atoms with Crippen molar-refractivity contribution in [1.82, 2.24) is 5.32 Å². The first-order valence-corrected chi connectivity index (χ1v) is 7.32. The Kier molecular flexibility index (Phi) is 4.78. The lowest BCUT2D eigenvalue weighted by Gasteiger charge is -2.17. The topological polar surface area (TPSA) is 49.4 Å². The Bertz CT molecular complexity index is 534. The highest BCUT2D eigenvalue weighted by Gasteiger charge is 2.34. The summed E-state index contributed by atoms with van der Waals surface area (Å²) in [5.74, 6) is 0.114. The summed E-state index contributed by atoms with van der Waals surface area (Å²) >= 11 is 0. The molecule has 1 aliphatic rings. The molecule has 0 spiro atoms. The van der Waals surface area contributed by atoms with Crippen LogP contribution in [-0.4, -0.2) is 24.9 Å². The first-order valence-electron chi connectivity index (χ1n) is 7.32. The van der Waals surface area contributed by atoms with Crippen molar-refractivity contribution in [2.45, 2.75) is 26.2 Å². The summed E-state index contributed by atoms with van der Waals surface area (Å²) in [4.78, 5) is 25.7. The van der Waals surface area contributed by atoms with Gasteiger partial charge >= 0.3 is 0 Å². The Morgan fingerprint density at radius 2 is 2.10 bits per heavy atom. The fraction of sp³-hybridized carbons (Fsp3) is 0.412. The van der Waals surface area contributed by atoms with Crippen molar-refractivity contribution in [2.75, 3.05) is 18.0 Å². The molecule has 1 fully saturated rings. The van der Waals surface area contributed by atoms with Crippen LogP contribution in [0.2, 0.25) is 0 Å². The molecule has 0 bridgehead atoms. The second-order valence-corrected chi connectivity index (χ2v) is 5.69. The molecule has 1 saturated heterocycles. The molecule has 0 radical (unpaired) electrons. The van der Waals surface area contributed by atoms with Gasteiger partial charge in [-0.05, 0) is 23.6 Å². The SMILES string of the molecule is C=CCNC(=O)C1CC(=O)N(c2ccc(C(C)C)cc2)C1. The quantitative estimate of drug-likeness (QED) is 0.845. The van der Waals surface area contributed by atoms with Crippen LogP contribution in [0.5, 0.6) is 0 Å². The van der Waals surface area contributed by atoms with Gasteiger partial charge in [-0.25, -0.2) is 0 Å². The molecule has 1 N–H and O–H groups in total. The van der Waals surface area contributed by atoms with E-state index in [9.17, 15) is 9.59 Å². The van der Waals surface area contributed by atoms with Crippen LogP contribution in [0.25, 0.3) is 0 Å². The predicted octanol–water partition coefficient (Wildman–Crippen LogP) is 2.47. The van der Waals surface area contributed by atoms with Crippen molar-refractivity contribution >= 4 is 17.5 Å². The van der Waals surface area contributed by atoms with Crippen molar-refractivity contribution in [3.8, 4) is 0 Å². The number of rotatable bonds is 5. The van der Waals surface area contributed by atoms with E-state index in [1.807, 2.05) is 24.3 Å². The molecule has 112 valence electrons. The van der Waals surface area contributed by atoms with Gasteiger partial charge in [-0.15, -0.1) is 6.58 Å². The van der Waals surface area contributed by atoms with Gasteiger partial charge in [0, 0.05) is 25.2 Å². The van der Waals surface area contributed by atoms with Crippen LogP contribution in [0.1, 0.15) is 31.7 Å². The van der Waals surface area contributed by atoms with Crippen molar-refractivity contribution in [2.24, 2.45) is 5.92 Å². The summed E-state index contributed by atoms with van der Waals surface area (Å²) in [5.41, 5.74) is 2.11. The van der Waals surface area contributed by atoms with E-state index in [1.165, 1.54) is 5.56 Å². The van der Waals surface area contributed by atoms with E-state index in [1.54, 1.807) is 11.0 Å². The molecule has 1 aromatic carbocycles. The zero-order valence-electron chi connectivity index (χ0n) is 12.6. The summed E-state index contributed by atoms with van der Waals surface area (Å²) in [6, 6.07) is 7.99. The largest absolute Gasteiger partial charge is 0.352 e. The average Bonchev–Trinajstić information content (AvgIpc) is 2.87. The number of amides is 2. The second-order valence-electron chi connectivity index (χ2n) is 5.69. The number of hydrogen-bond donors (Lipinski definition) is 1. The molecule has 1 heterocycles. The van der Waals surface area contributed by atoms with Crippen LogP contribution in [0.15, 0.2) is 36.9 Å². The molecule has 2 amide bonds. The van der Waals surface area contributed by atoms with Gasteiger partial charge in [0.25, 0.3) is 0 Å². The summed E-state index contributed by atoms with van der Waals surface area (Å²) in [6.07, 6.45) is 1.91. The second kappa shape index (κ2) is 6.57. The number of nitrogens with zero attached hydrogens (tertiary/aromatic N) is 1. The van der Waals surface area contributed by atoms with Gasteiger partial charge in [0.1, 0.15) is 0 Å². The molecule has 1 aliphatic heterocycles. The lowest BCUT2D eigenvalue weighted by molar-refractivity contribution is -0.126. The van der Waals surface area contributed by atoms with Crippen molar-refractivity contribution < 1.29 is 9.59 Å². The third-order valence-corrected chi connectivity index (χ3v) is 3.79. The van der Waals surface area contributed by atoms with Gasteiger partial charge in [0.15, 0.2) is 0 Å². The highest BCUT2D eigenvalue weighted by atomic mass is 16.2. The minimum atomic E-state index is -0.276. The number of benzene rings is 1. The van der Waals surface area contributed by atoms with E-state index in [0.717, 1.165) is 5.69 Å². The third-order valence-electron chi connectivity index (χ3n) is 3.79. The number of carbonyl (C=O) groups is 2. The van der Waals surface area contributed by atoms with Crippen LogP contribution in [-0.2, 0) is 9.59 Å². The van der Waals surface area contributed by atoms with E-state index < -0.39 is 0 Å². The minimum Gasteiger partial charge on any atom is -0.352 e. The lowest BCUT2D eigenvalue weighted by Crippen LogP contribution is -2.33. The molecule has 1 unspecified atom stereocenters. The van der Waals surface area contributed by atoms with Crippen LogP contribution in [0.4, 0.5) is 5.69 Å². The molecule has 1 aromatic rings. The number of carbonyl (C=O) groups excluding carboxylic acids is 2. The highest BCUT2D eigenvalue weighted by Crippen LogP contribution is 2.26. The Hall–Kier alpha value is -2.10. The van der Waals surface area contributed by atoms with E-state index in [0.29, 0.717) is 19.0 Å². The molecule has 0 aromatic heterocycles.